The Morgan fingerprint density at radius 3 is 2.65 bits per heavy atom. The number of aryl methyl sites for hydroxylation is 2. The Morgan fingerprint density at radius 1 is 1.19 bits per heavy atom. The van der Waals surface area contributed by atoms with Crippen molar-refractivity contribution in [1.82, 2.24) is 10.3 Å². The number of carbonyl (C=O) groups is 1. The molecule has 0 saturated carbocycles. The molecule has 6 heteroatoms. The topological polar surface area (TPSA) is 89.6 Å². The number of aliphatic imine (C=N–C) groups is 1. The molecule has 0 spiro atoms. The zero-order valence-electron chi connectivity index (χ0n) is 14.9. The molecule has 3 rings (SSSR count). The highest BCUT2D eigenvalue weighted by Crippen LogP contribution is 2.38. The van der Waals surface area contributed by atoms with Gasteiger partial charge in [-0.15, -0.1) is 0 Å². The maximum Gasteiger partial charge on any atom is 0.213 e. The van der Waals surface area contributed by atoms with Gasteiger partial charge >= 0.3 is 0 Å². The number of guanidine groups is 1. The minimum absolute atomic E-state index is 0.00629. The van der Waals surface area contributed by atoms with E-state index in [0.29, 0.717) is 17.8 Å². The third-order valence-electron chi connectivity index (χ3n) is 4.18. The lowest BCUT2D eigenvalue weighted by Crippen LogP contribution is -2.29. The van der Waals surface area contributed by atoms with Crippen LogP contribution in [-0.4, -0.2) is 24.5 Å². The number of hydrogen-bond donors (Lipinski definition) is 2. The first-order valence-electron chi connectivity index (χ1n) is 8.14. The molecule has 0 atom stereocenters. The van der Waals surface area contributed by atoms with Gasteiger partial charge < -0.3 is 10.5 Å². The molecule has 3 N–H and O–H groups in total. The second-order valence-corrected chi connectivity index (χ2v) is 5.91. The van der Waals surface area contributed by atoms with Gasteiger partial charge in [0.2, 0.25) is 6.41 Å². The number of pyridine rings is 1. The SMILES string of the molecule is COc1c(C)ccc2nc(-c3ccccc3C)cc(N=C(N)NC=O)c12. The Balaban J connectivity index is 2.35. The molecule has 0 unspecified atom stereocenters. The lowest BCUT2D eigenvalue weighted by Gasteiger charge is -2.14. The van der Waals surface area contributed by atoms with E-state index >= 15 is 0 Å². The third-order valence-corrected chi connectivity index (χ3v) is 4.18. The number of methoxy groups -OCH3 is 1. The number of fused-ring (bicyclic) bond motifs is 1. The van der Waals surface area contributed by atoms with Gasteiger partial charge in [-0.1, -0.05) is 30.3 Å². The molecule has 2 aromatic carbocycles. The molecule has 1 amide bonds. The van der Waals surface area contributed by atoms with Crippen LogP contribution in [0.15, 0.2) is 47.5 Å². The summed E-state index contributed by atoms with van der Waals surface area (Å²) in [6.07, 6.45) is 0.493. The molecular weight excluding hydrogens is 328 g/mol. The zero-order chi connectivity index (χ0) is 18.7. The minimum atomic E-state index is 0.00629. The van der Waals surface area contributed by atoms with Gasteiger partial charge in [-0.3, -0.25) is 10.1 Å². The van der Waals surface area contributed by atoms with Crippen molar-refractivity contribution in [2.75, 3.05) is 7.11 Å². The van der Waals surface area contributed by atoms with Crippen LogP contribution >= 0.6 is 0 Å². The number of benzene rings is 2. The monoisotopic (exact) mass is 348 g/mol. The van der Waals surface area contributed by atoms with E-state index < -0.39 is 0 Å². The third kappa shape index (κ3) is 3.21. The fourth-order valence-corrected chi connectivity index (χ4v) is 2.95. The standard InChI is InChI=1S/C20H20N4O2/c1-12-6-4-5-7-14(12)16-10-17(24-20(21)22-11-25)18-15(23-16)9-8-13(2)19(18)26-3/h4-11H,1-3H3,(H3,21,22,23,24,25). The van der Waals surface area contributed by atoms with Gasteiger partial charge in [0.05, 0.1) is 29.4 Å². The fraction of sp³-hybridized carbons (Fsp3) is 0.150. The minimum Gasteiger partial charge on any atom is -0.496 e. The van der Waals surface area contributed by atoms with Gasteiger partial charge in [-0.25, -0.2) is 9.98 Å². The summed E-state index contributed by atoms with van der Waals surface area (Å²) in [4.78, 5) is 19.8. The Bertz CT molecular complexity index is 1010. The molecule has 6 nitrogen and oxygen atoms in total. The van der Waals surface area contributed by atoms with Crippen molar-refractivity contribution in [3.8, 4) is 17.0 Å². The second kappa shape index (κ2) is 7.23. The molecule has 3 aromatic rings. The second-order valence-electron chi connectivity index (χ2n) is 5.91. The number of hydrogen-bond acceptors (Lipinski definition) is 4. The van der Waals surface area contributed by atoms with Crippen molar-refractivity contribution in [2.24, 2.45) is 10.7 Å². The number of rotatable bonds is 4. The Morgan fingerprint density at radius 2 is 1.96 bits per heavy atom. The number of ether oxygens (including phenoxy) is 1. The number of nitrogens with zero attached hydrogens (tertiary/aromatic N) is 2. The van der Waals surface area contributed by atoms with Crippen LogP contribution in [0.25, 0.3) is 22.2 Å². The summed E-state index contributed by atoms with van der Waals surface area (Å²) in [7, 11) is 1.61. The predicted octanol–water partition coefficient (Wildman–Crippen LogP) is 3.22. The molecule has 0 fully saturated rings. The Hall–Kier alpha value is -3.41. The average Bonchev–Trinajstić information content (AvgIpc) is 2.62. The highest BCUT2D eigenvalue weighted by atomic mass is 16.5. The molecule has 0 bridgehead atoms. The van der Waals surface area contributed by atoms with Gasteiger partial charge in [0, 0.05) is 5.56 Å². The number of aromatic nitrogens is 1. The highest BCUT2D eigenvalue weighted by Gasteiger charge is 2.15. The Kier molecular flexibility index (Phi) is 4.84. The van der Waals surface area contributed by atoms with Gasteiger partial charge in [0.25, 0.3) is 0 Å². The molecular formula is C20H20N4O2. The number of amides is 1. The largest absolute Gasteiger partial charge is 0.496 e. The van der Waals surface area contributed by atoms with Crippen molar-refractivity contribution in [3.63, 3.8) is 0 Å². The van der Waals surface area contributed by atoms with Crippen molar-refractivity contribution < 1.29 is 9.53 Å². The number of carbonyl (C=O) groups excluding carboxylic acids is 1. The summed E-state index contributed by atoms with van der Waals surface area (Å²) in [5.74, 6) is 0.691. The molecule has 0 aliphatic rings. The first-order valence-corrected chi connectivity index (χ1v) is 8.14. The van der Waals surface area contributed by atoms with Crippen molar-refractivity contribution >= 4 is 29.0 Å². The molecule has 0 aliphatic carbocycles. The van der Waals surface area contributed by atoms with E-state index in [1.165, 1.54) is 0 Å². The van der Waals surface area contributed by atoms with E-state index in [2.05, 4.69) is 10.3 Å². The first-order chi connectivity index (χ1) is 12.5. The summed E-state index contributed by atoms with van der Waals surface area (Å²) < 4.78 is 5.57. The molecule has 1 heterocycles. The summed E-state index contributed by atoms with van der Waals surface area (Å²) in [5, 5.41) is 3.12. The number of nitrogens with two attached hydrogens (primary N) is 1. The van der Waals surface area contributed by atoms with E-state index in [0.717, 1.165) is 33.3 Å². The van der Waals surface area contributed by atoms with Gasteiger partial charge in [0.15, 0.2) is 5.96 Å². The van der Waals surface area contributed by atoms with Crippen molar-refractivity contribution in [3.05, 3.63) is 53.6 Å². The van der Waals surface area contributed by atoms with Crippen LogP contribution in [-0.2, 0) is 4.79 Å². The van der Waals surface area contributed by atoms with Crippen LogP contribution in [0.1, 0.15) is 11.1 Å². The normalized spacial score (nSPS) is 11.4. The molecule has 132 valence electrons. The van der Waals surface area contributed by atoms with Crippen LogP contribution < -0.4 is 15.8 Å². The van der Waals surface area contributed by atoms with Gasteiger partial charge in [-0.2, -0.15) is 0 Å². The highest BCUT2D eigenvalue weighted by molar-refractivity contribution is 6.01. The van der Waals surface area contributed by atoms with Crippen LogP contribution in [0.5, 0.6) is 5.75 Å². The lowest BCUT2D eigenvalue weighted by molar-refractivity contribution is -0.108. The van der Waals surface area contributed by atoms with Crippen LogP contribution in [0.2, 0.25) is 0 Å². The van der Waals surface area contributed by atoms with E-state index in [4.69, 9.17) is 15.5 Å². The summed E-state index contributed by atoms with van der Waals surface area (Å²) in [6.45, 7) is 3.98. The lowest BCUT2D eigenvalue weighted by atomic mass is 10.0. The number of nitrogens with one attached hydrogen (secondary N) is 1. The quantitative estimate of drug-likeness (QED) is 0.430. The van der Waals surface area contributed by atoms with Crippen LogP contribution in [0.4, 0.5) is 5.69 Å². The molecule has 26 heavy (non-hydrogen) atoms. The first kappa shape index (κ1) is 17.4. The molecule has 0 radical (unpaired) electrons. The average molecular weight is 348 g/mol. The van der Waals surface area contributed by atoms with Crippen LogP contribution in [0.3, 0.4) is 0 Å². The molecule has 0 saturated heterocycles. The predicted molar refractivity (Wildman–Crippen MR) is 104 cm³/mol. The van der Waals surface area contributed by atoms with Crippen molar-refractivity contribution in [2.45, 2.75) is 13.8 Å². The van der Waals surface area contributed by atoms with E-state index in [-0.39, 0.29) is 5.96 Å². The maximum absolute atomic E-state index is 10.7. The summed E-state index contributed by atoms with van der Waals surface area (Å²) >= 11 is 0. The van der Waals surface area contributed by atoms with Crippen LogP contribution in [0, 0.1) is 13.8 Å². The van der Waals surface area contributed by atoms with Gasteiger partial charge in [-0.05, 0) is 37.1 Å². The van der Waals surface area contributed by atoms with E-state index in [1.54, 1.807) is 7.11 Å². The smallest absolute Gasteiger partial charge is 0.213 e. The van der Waals surface area contributed by atoms with E-state index in [9.17, 15) is 4.79 Å². The summed E-state index contributed by atoms with van der Waals surface area (Å²) in [5.41, 5.74) is 11.0. The summed E-state index contributed by atoms with van der Waals surface area (Å²) in [6, 6.07) is 13.7. The maximum atomic E-state index is 10.7. The van der Waals surface area contributed by atoms with E-state index in [1.807, 2.05) is 56.3 Å². The zero-order valence-corrected chi connectivity index (χ0v) is 14.9. The van der Waals surface area contributed by atoms with Crippen molar-refractivity contribution in [1.29, 1.82) is 0 Å². The molecule has 1 aromatic heterocycles. The van der Waals surface area contributed by atoms with Gasteiger partial charge in [0.1, 0.15) is 5.75 Å². The fourth-order valence-electron chi connectivity index (χ4n) is 2.95. The molecule has 0 aliphatic heterocycles. The Labute approximate surface area is 151 Å².